The Hall–Kier alpha value is -1.69. The minimum absolute atomic E-state index is 0.000973. The lowest BCUT2D eigenvalue weighted by molar-refractivity contribution is -0.121. The van der Waals surface area contributed by atoms with Crippen LogP contribution >= 0.6 is 0 Å². The van der Waals surface area contributed by atoms with E-state index >= 15 is 0 Å². The summed E-state index contributed by atoms with van der Waals surface area (Å²) in [4.78, 5) is 11.2. The molecule has 0 atom stereocenters. The summed E-state index contributed by atoms with van der Waals surface area (Å²) < 4.78 is 28.1. The van der Waals surface area contributed by atoms with Gasteiger partial charge in [0.1, 0.15) is 5.75 Å². The highest BCUT2D eigenvalue weighted by molar-refractivity contribution is 5.75. The maximum Gasteiger partial charge on any atom is 0.387 e. The maximum atomic E-state index is 11.9. The Labute approximate surface area is 110 Å². The van der Waals surface area contributed by atoms with Gasteiger partial charge in [0.2, 0.25) is 5.91 Å². The second kappa shape index (κ2) is 8.42. The second-order valence-electron chi connectivity index (χ2n) is 3.95. The summed E-state index contributed by atoms with van der Waals surface area (Å²) in [5, 5.41) is 11.3. The van der Waals surface area contributed by atoms with Gasteiger partial charge in [-0.25, -0.2) is 0 Å². The molecule has 0 aliphatic rings. The number of amides is 1. The summed E-state index contributed by atoms with van der Waals surface area (Å²) in [5.74, 6) is 0.0115. The lowest BCUT2D eigenvalue weighted by Crippen LogP contribution is -2.25. The summed E-state index contributed by atoms with van der Waals surface area (Å²) in [5.41, 5.74) is 0.920. The summed E-state index contributed by atoms with van der Waals surface area (Å²) in [7, 11) is 0. The SMILES string of the molecule is O=C(CCCO)NCCc1ccc(OC(F)F)cc1. The van der Waals surface area contributed by atoms with Crippen molar-refractivity contribution in [3.8, 4) is 5.75 Å². The van der Waals surface area contributed by atoms with Crippen molar-refractivity contribution in [3.63, 3.8) is 0 Å². The summed E-state index contributed by atoms with van der Waals surface area (Å²) in [6.45, 7) is -2.35. The van der Waals surface area contributed by atoms with E-state index in [1.54, 1.807) is 12.1 Å². The second-order valence-corrected chi connectivity index (χ2v) is 3.95. The molecule has 0 aromatic heterocycles. The van der Waals surface area contributed by atoms with E-state index in [9.17, 15) is 13.6 Å². The van der Waals surface area contributed by atoms with Crippen molar-refractivity contribution in [2.45, 2.75) is 25.9 Å². The fraction of sp³-hybridized carbons (Fsp3) is 0.462. The van der Waals surface area contributed by atoms with Crippen molar-refractivity contribution in [3.05, 3.63) is 29.8 Å². The first-order chi connectivity index (χ1) is 9.11. The average molecular weight is 273 g/mol. The highest BCUT2D eigenvalue weighted by Gasteiger charge is 2.04. The maximum absolute atomic E-state index is 11.9. The number of carbonyl (C=O) groups excluding carboxylic acids is 1. The van der Waals surface area contributed by atoms with Crippen LogP contribution < -0.4 is 10.1 Å². The Morgan fingerprint density at radius 1 is 1.32 bits per heavy atom. The number of nitrogens with one attached hydrogen (secondary N) is 1. The van der Waals surface area contributed by atoms with E-state index in [-0.39, 0.29) is 18.3 Å². The average Bonchev–Trinajstić information content (AvgIpc) is 2.38. The van der Waals surface area contributed by atoms with Crippen LogP contribution in [0.25, 0.3) is 0 Å². The third kappa shape index (κ3) is 6.71. The van der Waals surface area contributed by atoms with E-state index in [2.05, 4.69) is 10.1 Å². The standard InChI is InChI=1S/C13H17F2NO3/c14-13(15)19-11-5-3-10(4-6-11)7-8-16-12(18)2-1-9-17/h3-6,13,17H,1-2,7-9H2,(H,16,18). The molecule has 0 spiro atoms. The van der Waals surface area contributed by atoms with Gasteiger partial charge in [0, 0.05) is 19.6 Å². The Morgan fingerprint density at radius 3 is 2.58 bits per heavy atom. The molecule has 1 aromatic carbocycles. The van der Waals surface area contributed by atoms with Crippen molar-refractivity contribution in [2.75, 3.05) is 13.2 Å². The highest BCUT2D eigenvalue weighted by Crippen LogP contribution is 2.14. The van der Waals surface area contributed by atoms with Crippen LogP contribution in [0, 0.1) is 0 Å². The number of benzene rings is 1. The molecule has 106 valence electrons. The van der Waals surface area contributed by atoms with Gasteiger partial charge in [-0.1, -0.05) is 12.1 Å². The van der Waals surface area contributed by atoms with Gasteiger partial charge in [0.05, 0.1) is 0 Å². The zero-order chi connectivity index (χ0) is 14.1. The number of ether oxygens (including phenoxy) is 1. The van der Waals surface area contributed by atoms with Gasteiger partial charge in [0.15, 0.2) is 0 Å². The van der Waals surface area contributed by atoms with Crippen LogP contribution in [0.2, 0.25) is 0 Å². The normalized spacial score (nSPS) is 10.5. The quantitative estimate of drug-likeness (QED) is 0.758. The van der Waals surface area contributed by atoms with Crippen molar-refractivity contribution >= 4 is 5.91 Å². The van der Waals surface area contributed by atoms with Gasteiger partial charge in [-0.15, -0.1) is 0 Å². The van der Waals surface area contributed by atoms with Crippen LogP contribution in [0.5, 0.6) is 5.75 Å². The van der Waals surface area contributed by atoms with Crippen LogP contribution in [0.3, 0.4) is 0 Å². The van der Waals surface area contributed by atoms with Crippen molar-refractivity contribution < 1.29 is 23.4 Å². The predicted octanol–water partition coefficient (Wildman–Crippen LogP) is 1.72. The summed E-state index contributed by atoms with van der Waals surface area (Å²) in [6, 6.07) is 6.29. The molecule has 0 saturated carbocycles. The zero-order valence-electron chi connectivity index (χ0n) is 10.4. The van der Waals surface area contributed by atoms with Crippen LogP contribution in [-0.2, 0) is 11.2 Å². The van der Waals surface area contributed by atoms with Gasteiger partial charge in [-0.2, -0.15) is 8.78 Å². The number of alkyl halides is 2. The smallest absolute Gasteiger partial charge is 0.387 e. The minimum Gasteiger partial charge on any atom is -0.435 e. The predicted molar refractivity (Wildman–Crippen MR) is 66.1 cm³/mol. The molecule has 2 N–H and O–H groups in total. The molecule has 0 heterocycles. The minimum atomic E-state index is -2.82. The topological polar surface area (TPSA) is 58.6 Å². The molecule has 1 rings (SSSR count). The molecular weight excluding hydrogens is 256 g/mol. The highest BCUT2D eigenvalue weighted by atomic mass is 19.3. The largest absolute Gasteiger partial charge is 0.435 e. The molecule has 0 saturated heterocycles. The van der Waals surface area contributed by atoms with Gasteiger partial charge >= 0.3 is 6.61 Å². The Bertz CT molecular complexity index is 382. The molecule has 4 nitrogen and oxygen atoms in total. The van der Waals surface area contributed by atoms with Crippen molar-refractivity contribution in [2.24, 2.45) is 0 Å². The Kier molecular flexibility index (Phi) is 6.81. The first-order valence-corrected chi connectivity index (χ1v) is 6.03. The molecule has 0 radical (unpaired) electrons. The number of aliphatic hydroxyl groups is 1. The molecule has 19 heavy (non-hydrogen) atoms. The summed E-state index contributed by atoms with van der Waals surface area (Å²) >= 11 is 0. The van der Waals surface area contributed by atoms with Gasteiger partial charge in [-0.05, 0) is 30.5 Å². The van der Waals surface area contributed by atoms with Crippen molar-refractivity contribution in [1.82, 2.24) is 5.32 Å². The molecule has 6 heteroatoms. The van der Waals surface area contributed by atoms with E-state index in [1.165, 1.54) is 12.1 Å². The molecule has 0 bridgehead atoms. The number of aliphatic hydroxyl groups excluding tert-OH is 1. The molecule has 0 aliphatic carbocycles. The lowest BCUT2D eigenvalue weighted by Gasteiger charge is -2.07. The van der Waals surface area contributed by atoms with Crippen LogP contribution in [0.1, 0.15) is 18.4 Å². The molecule has 0 aliphatic heterocycles. The monoisotopic (exact) mass is 273 g/mol. The number of halogens is 2. The number of rotatable bonds is 8. The summed E-state index contributed by atoms with van der Waals surface area (Å²) in [6.07, 6.45) is 1.36. The third-order valence-corrected chi connectivity index (χ3v) is 2.45. The third-order valence-electron chi connectivity index (χ3n) is 2.45. The van der Waals surface area contributed by atoms with E-state index < -0.39 is 6.61 Å². The first-order valence-electron chi connectivity index (χ1n) is 6.03. The molecule has 0 unspecified atom stereocenters. The molecule has 0 fully saturated rings. The molecular formula is C13H17F2NO3. The Morgan fingerprint density at radius 2 is 2.00 bits per heavy atom. The number of hydrogen-bond donors (Lipinski definition) is 2. The van der Waals surface area contributed by atoms with Gasteiger partial charge < -0.3 is 15.2 Å². The number of carbonyl (C=O) groups is 1. The van der Waals surface area contributed by atoms with Gasteiger partial charge in [-0.3, -0.25) is 4.79 Å². The first kappa shape index (κ1) is 15.4. The van der Waals surface area contributed by atoms with E-state index in [0.717, 1.165) is 5.56 Å². The number of hydrogen-bond acceptors (Lipinski definition) is 3. The lowest BCUT2D eigenvalue weighted by atomic mass is 10.1. The Balaban J connectivity index is 2.28. The fourth-order valence-electron chi connectivity index (χ4n) is 1.51. The van der Waals surface area contributed by atoms with Crippen LogP contribution in [0.15, 0.2) is 24.3 Å². The zero-order valence-corrected chi connectivity index (χ0v) is 10.4. The molecule has 1 amide bonds. The van der Waals surface area contributed by atoms with Crippen LogP contribution in [0.4, 0.5) is 8.78 Å². The van der Waals surface area contributed by atoms with E-state index in [1.807, 2.05) is 0 Å². The van der Waals surface area contributed by atoms with E-state index in [0.29, 0.717) is 25.8 Å². The van der Waals surface area contributed by atoms with E-state index in [4.69, 9.17) is 5.11 Å². The van der Waals surface area contributed by atoms with Gasteiger partial charge in [0.25, 0.3) is 0 Å². The fourth-order valence-corrected chi connectivity index (χ4v) is 1.51. The van der Waals surface area contributed by atoms with Crippen molar-refractivity contribution in [1.29, 1.82) is 0 Å². The van der Waals surface area contributed by atoms with Crippen LogP contribution in [-0.4, -0.2) is 30.8 Å². The molecule has 1 aromatic rings.